The maximum Gasteiger partial charge on any atom is 0.250 e. The van der Waals surface area contributed by atoms with Crippen LogP contribution in [0, 0.1) is 6.92 Å². The van der Waals surface area contributed by atoms with Crippen LogP contribution in [0.2, 0.25) is 0 Å². The molecule has 2 amide bonds. The molecule has 8 nitrogen and oxygen atoms in total. The third-order valence-corrected chi connectivity index (χ3v) is 10.7. The number of likely N-dealkylation sites (tertiary alicyclic amines) is 3. The number of benzene rings is 1. The molecule has 4 heterocycles. The van der Waals surface area contributed by atoms with Crippen LogP contribution in [0.15, 0.2) is 39.9 Å². The van der Waals surface area contributed by atoms with Crippen LogP contribution in [-0.4, -0.2) is 86.3 Å². The molecule has 3 saturated heterocycles. The van der Waals surface area contributed by atoms with E-state index in [2.05, 4.69) is 9.62 Å². The van der Waals surface area contributed by atoms with E-state index in [9.17, 15) is 18.0 Å². The first kappa shape index (κ1) is 26.3. The summed E-state index contributed by atoms with van der Waals surface area (Å²) in [5, 5.41) is 1.82. The number of carbonyl (C=O) groups is 2. The van der Waals surface area contributed by atoms with Crippen LogP contribution >= 0.6 is 11.3 Å². The second kappa shape index (κ2) is 11.2. The number of amides is 2. The van der Waals surface area contributed by atoms with E-state index in [-0.39, 0.29) is 28.6 Å². The minimum Gasteiger partial charge on any atom is -0.337 e. The van der Waals surface area contributed by atoms with Crippen molar-refractivity contribution in [1.29, 1.82) is 0 Å². The molecule has 3 aliphatic rings. The zero-order valence-electron chi connectivity index (χ0n) is 21.4. The summed E-state index contributed by atoms with van der Waals surface area (Å²) in [6.07, 6.45) is 5.52. The first-order valence-electron chi connectivity index (χ1n) is 13.3. The Hall–Kier alpha value is -2.27. The van der Waals surface area contributed by atoms with E-state index in [0.717, 1.165) is 67.0 Å². The van der Waals surface area contributed by atoms with Crippen LogP contribution in [0.4, 0.5) is 0 Å². The summed E-state index contributed by atoms with van der Waals surface area (Å²) in [6.45, 7) is 6.34. The van der Waals surface area contributed by atoms with Gasteiger partial charge in [0.05, 0.1) is 6.54 Å². The second-order valence-electron chi connectivity index (χ2n) is 10.5. The highest BCUT2D eigenvalue weighted by atomic mass is 32.2. The smallest absolute Gasteiger partial charge is 0.250 e. The Kier molecular flexibility index (Phi) is 7.99. The molecule has 200 valence electrons. The zero-order valence-corrected chi connectivity index (χ0v) is 23.0. The normalized spacial score (nSPS) is 23.2. The summed E-state index contributed by atoms with van der Waals surface area (Å²) >= 11 is 1.15. The van der Waals surface area contributed by atoms with E-state index in [0.29, 0.717) is 19.4 Å². The predicted octanol–water partition coefficient (Wildman–Crippen LogP) is 3.08. The number of hydrogen-bond acceptors (Lipinski definition) is 6. The lowest BCUT2D eigenvalue weighted by atomic mass is 10.1. The summed E-state index contributed by atoms with van der Waals surface area (Å²) in [6, 6.07) is 8.93. The van der Waals surface area contributed by atoms with Crippen molar-refractivity contribution in [2.24, 2.45) is 0 Å². The summed E-state index contributed by atoms with van der Waals surface area (Å²) in [7, 11) is -3.86. The molecule has 0 radical (unpaired) electrons. The third-order valence-electron chi connectivity index (χ3n) is 7.74. The molecule has 3 fully saturated rings. The second-order valence-corrected chi connectivity index (χ2v) is 13.3. The van der Waals surface area contributed by atoms with Gasteiger partial charge >= 0.3 is 0 Å². The number of carbonyl (C=O) groups excluding carboxylic acids is 2. The molecule has 2 atom stereocenters. The number of nitrogens with zero attached hydrogens (tertiary/aromatic N) is 3. The van der Waals surface area contributed by atoms with Crippen molar-refractivity contribution >= 4 is 33.2 Å². The van der Waals surface area contributed by atoms with Crippen LogP contribution < -0.4 is 4.72 Å². The number of rotatable bonds is 8. The first-order valence-corrected chi connectivity index (χ1v) is 15.6. The first-order chi connectivity index (χ1) is 17.8. The van der Waals surface area contributed by atoms with Gasteiger partial charge in [0.15, 0.2) is 0 Å². The standard InChI is InChI=1S/C27H36N4O4S2/c1-20-8-10-21(11-9-20)22-16-26(36-19-22)37(34,35)28-24-7-5-14-30(27(24)33)18-25(32)31-15-4-6-23(31)17-29-12-2-3-13-29/h8-11,16,19,23-24,28H,2-7,12-15,17-18H2,1H3. The number of nitrogens with one attached hydrogen (secondary N) is 1. The average Bonchev–Trinajstić information content (AvgIpc) is 3.65. The highest BCUT2D eigenvalue weighted by Gasteiger charge is 2.36. The average molecular weight is 545 g/mol. The van der Waals surface area contributed by atoms with Gasteiger partial charge in [-0.3, -0.25) is 9.59 Å². The molecule has 1 aromatic carbocycles. The van der Waals surface area contributed by atoms with Gasteiger partial charge in [-0.15, -0.1) is 11.3 Å². The van der Waals surface area contributed by atoms with Crippen molar-refractivity contribution in [2.45, 2.75) is 61.7 Å². The number of hydrogen-bond donors (Lipinski definition) is 1. The number of piperidine rings is 1. The summed E-state index contributed by atoms with van der Waals surface area (Å²) in [5.74, 6) is -0.340. The molecule has 1 aromatic heterocycles. The molecular weight excluding hydrogens is 508 g/mol. The van der Waals surface area contributed by atoms with E-state index in [1.54, 1.807) is 6.07 Å². The zero-order chi connectivity index (χ0) is 26.0. The Morgan fingerprint density at radius 2 is 1.73 bits per heavy atom. The van der Waals surface area contributed by atoms with Crippen LogP contribution in [0.3, 0.4) is 0 Å². The van der Waals surface area contributed by atoms with Crippen LogP contribution in [0.5, 0.6) is 0 Å². The molecule has 5 rings (SSSR count). The predicted molar refractivity (Wildman–Crippen MR) is 145 cm³/mol. The monoisotopic (exact) mass is 544 g/mol. The van der Waals surface area contributed by atoms with Crippen molar-refractivity contribution in [3.05, 3.63) is 41.3 Å². The van der Waals surface area contributed by atoms with Crippen molar-refractivity contribution < 1.29 is 18.0 Å². The van der Waals surface area contributed by atoms with E-state index in [1.165, 1.54) is 17.7 Å². The molecule has 2 aromatic rings. The molecule has 0 saturated carbocycles. The van der Waals surface area contributed by atoms with E-state index in [1.807, 2.05) is 41.5 Å². The number of sulfonamides is 1. The fourth-order valence-corrected chi connectivity index (χ4v) is 8.11. The lowest BCUT2D eigenvalue weighted by molar-refractivity contribution is -0.143. The Morgan fingerprint density at radius 1 is 1.00 bits per heavy atom. The third kappa shape index (κ3) is 6.08. The summed E-state index contributed by atoms with van der Waals surface area (Å²) in [4.78, 5) is 32.3. The van der Waals surface area contributed by atoms with E-state index in [4.69, 9.17) is 0 Å². The Balaban J connectivity index is 1.20. The quantitative estimate of drug-likeness (QED) is 0.552. The van der Waals surface area contributed by atoms with E-state index >= 15 is 0 Å². The fraction of sp³-hybridized carbons (Fsp3) is 0.556. The van der Waals surface area contributed by atoms with Gasteiger partial charge in [-0.1, -0.05) is 29.8 Å². The van der Waals surface area contributed by atoms with Crippen LogP contribution in [0.25, 0.3) is 11.1 Å². The maximum atomic E-state index is 13.2. The maximum absolute atomic E-state index is 13.2. The molecule has 0 aliphatic carbocycles. The van der Waals surface area contributed by atoms with Gasteiger partial charge in [0.25, 0.3) is 10.0 Å². The molecule has 3 aliphatic heterocycles. The van der Waals surface area contributed by atoms with Crippen molar-refractivity contribution in [1.82, 2.24) is 19.4 Å². The molecule has 1 N–H and O–H groups in total. The molecule has 2 unspecified atom stereocenters. The molecule has 0 bridgehead atoms. The van der Waals surface area contributed by atoms with Crippen LogP contribution in [0.1, 0.15) is 44.1 Å². The molecule has 37 heavy (non-hydrogen) atoms. The van der Waals surface area contributed by atoms with Gasteiger partial charge in [-0.2, -0.15) is 4.72 Å². The molecule has 0 spiro atoms. The van der Waals surface area contributed by atoms with Gasteiger partial charge in [0, 0.05) is 25.7 Å². The lowest BCUT2D eigenvalue weighted by Gasteiger charge is -2.34. The van der Waals surface area contributed by atoms with Crippen molar-refractivity contribution in [2.75, 3.05) is 39.3 Å². The summed E-state index contributed by atoms with van der Waals surface area (Å²) < 4.78 is 29.1. The topological polar surface area (TPSA) is 90.0 Å². The highest BCUT2D eigenvalue weighted by Crippen LogP contribution is 2.29. The van der Waals surface area contributed by atoms with E-state index < -0.39 is 16.1 Å². The Bertz CT molecular complexity index is 1220. The molecular formula is C27H36N4O4S2. The lowest BCUT2D eigenvalue weighted by Crippen LogP contribution is -2.55. The van der Waals surface area contributed by atoms with Gasteiger partial charge in [0.2, 0.25) is 11.8 Å². The van der Waals surface area contributed by atoms with Gasteiger partial charge in [-0.25, -0.2) is 8.42 Å². The Labute approximate surface area is 223 Å². The Morgan fingerprint density at radius 3 is 2.49 bits per heavy atom. The minimum atomic E-state index is -3.86. The highest BCUT2D eigenvalue weighted by molar-refractivity contribution is 7.91. The van der Waals surface area contributed by atoms with Gasteiger partial charge in [0.1, 0.15) is 10.3 Å². The van der Waals surface area contributed by atoms with Gasteiger partial charge < -0.3 is 14.7 Å². The van der Waals surface area contributed by atoms with Crippen LogP contribution in [-0.2, 0) is 19.6 Å². The molecule has 10 heteroatoms. The summed E-state index contributed by atoms with van der Waals surface area (Å²) in [5.41, 5.74) is 2.92. The number of thiophene rings is 1. The fourth-order valence-electron chi connectivity index (χ4n) is 5.68. The largest absolute Gasteiger partial charge is 0.337 e. The van der Waals surface area contributed by atoms with Gasteiger partial charge in [-0.05, 0) is 81.1 Å². The van der Waals surface area contributed by atoms with Crippen molar-refractivity contribution in [3.63, 3.8) is 0 Å². The van der Waals surface area contributed by atoms with Crippen molar-refractivity contribution in [3.8, 4) is 11.1 Å². The number of aryl methyl sites for hydroxylation is 1. The minimum absolute atomic E-state index is 0.0180. The SMILES string of the molecule is Cc1ccc(-c2csc(S(=O)(=O)NC3CCCN(CC(=O)N4CCCC4CN4CCCC4)C3=O)c2)cc1.